The number of nitrogens with zero attached hydrogens (tertiary/aromatic N) is 2. The first-order valence-corrected chi connectivity index (χ1v) is 5.74. The molecule has 0 saturated carbocycles. The molecule has 0 aliphatic carbocycles. The Hall–Kier alpha value is -1.36. The van der Waals surface area contributed by atoms with E-state index >= 15 is 0 Å². The Kier molecular flexibility index (Phi) is 2.40. The number of amides is 1. The molecule has 5 heteroatoms. The second kappa shape index (κ2) is 3.90. The highest BCUT2D eigenvalue weighted by Gasteiger charge is 2.36. The highest BCUT2D eigenvalue weighted by atomic mass is 16.5. The van der Waals surface area contributed by atoms with Gasteiger partial charge in [-0.2, -0.15) is 0 Å². The van der Waals surface area contributed by atoms with Crippen molar-refractivity contribution in [3.63, 3.8) is 0 Å². The fraction of sp³-hybridized carbons (Fsp3) is 0.636. The Bertz CT molecular complexity index is 363. The second-order valence-corrected chi connectivity index (χ2v) is 4.64. The van der Waals surface area contributed by atoms with Crippen LogP contribution in [-0.4, -0.2) is 42.1 Å². The van der Waals surface area contributed by atoms with Crippen molar-refractivity contribution in [2.24, 2.45) is 11.8 Å². The van der Waals surface area contributed by atoms with Crippen molar-refractivity contribution in [3.05, 3.63) is 18.0 Å². The normalized spacial score (nSPS) is 29.1. The van der Waals surface area contributed by atoms with Crippen molar-refractivity contribution in [1.29, 1.82) is 0 Å². The lowest BCUT2D eigenvalue weighted by Crippen LogP contribution is -2.35. The van der Waals surface area contributed by atoms with E-state index in [4.69, 9.17) is 4.52 Å². The van der Waals surface area contributed by atoms with Crippen LogP contribution in [0.5, 0.6) is 0 Å². The summed E-state index contributed by atoms with van der Waals surface area (Å²) in [5, 5.41) is 6.95. The zero-order valence-corrected chi connectivity index (χ0v) is 9.06. The molecule has 0 bridgehead atoms. The molecule has 1 N–H and O–H groups in total. The van der Waals surface area contributed by atoms with E-state index in [1.54, 1.807) is 0 Å². The highest BCUT2D eigenvalue weighted by molar-refractivity contribution is 5.93. The molecule has 1 aromatic heterocycles. The van der Waals surface area contributed by atoms with E-state index in [1.165, 1.54) is 18.9 Å². The predicted molar refractivity (Wildman–Crippen MR) is 56.9 cm³/mol. The van der Waals surface area contributed by atoms with Crippen LogP contribution in [-0.2, 0) is 0 Å². The maximum absolute atomic E-state index is 12.1. The van der Waals surface area contributed by atoms with Crippen molar-refractivity contribution in [2.45, 2.75) is 6.42 Å². The molecule has 2 fully saturated rings. The number of piperidine rings is 1. The van der Waals surface area contributed by atoms with Crippen LogP contribution in [0, 0.1) is 11.8 Å². The van der Waals surface area contributed by atoms with Crippen LogP contribution in [0.15, 0.2) is 17.0 Å². The number of aromatic nitrogens is 1. The maximum Gasteiger partial charge on any atom is 0.258 e. The van der Waals surface area contributed by atoms with Gasteiger partial charge >= 0.3 is 0 Å². The SMILES string of the molecule is O=C(c1cnoc1)N1CC2CCNCC2C1. The first kappa shape index (κ1) is 9.84. The lowest BCUT2D eigenvalue weighted by atomic mass is 9.90. The van der Waals surface area contributed by atoms with Gasteiger partial charge in [0.1, 0.15) is 6.26 Å². The second-order valence-electron chi connectivity index (χ2n) is 4.64. The first-order chi connectivity index (χ1) is 7.84. The lowest BCUT2D eigenvalue weighted by molar-refractivity contribution is 0.0784. The average molecular weight is 221 g/mol. The summed E-state index contributed by atoms with van der Waals surface area (Å²) in [4.78, 5) is 14.0. The molecule has 0 aromatic carbocycles. The van der Waals surface area contributed by atoms with Gasteiger partial charge in [0, 0.05) is 13.1 Å². The lowest BCUT2D eigenvalue weighted by Gasteiger charge is -2.23. The third kappa shape index (κ3) is 1.61. The molecule has 86 valence electrons. The van der Waals surface area contributed by atoms with E-state index in [9.17, 15) is 4.79 Å². The fourth-order valence-electron chi connectivity index (χ4n) is 2.73. The molecule has 0 radical (unpaired) electrons. The minimum absolute atomic E-state index is 0.0515. The smallest absolute Gasteiger partial charge is 0.258 e. The van der Waals surface area contributed by atoms with Crippen molar-refractivity contribution < 1.29 is 9.32 Å². The standard InChI is InChI=1S/C11H15N3O2/c15-11(10-4-13-16-7-10)14-5-8-1-2-12-3-9(8)6-14/h4,7-9,12H,1-3,5-6H2. The number of hydrogen-bond donors (Lipinski definition) is 1. The van der Waals surface area contributed by atoms with Gasteiger partial charge in [-0.15, -0.1) is 0 Å². The zero-order valence-electron chi connectivity index (χ0n) is 9.06. The molecule has 2 saturated heterocycles. The van der Waals surface area contributed by atoms with E-state index in [0.29, 0.717) is 17.4 Å². The highest BCUT2D eigenvalue weighted by Crippen LogP contribution is 2.28. The number of hydrogen-bond acceptors (Lipinski definition) is 4. The van der Waals surface area contributed by atoms with Gasteiger partial charge < -0.3 is 14.7 Å². The summed E-state index contributed by atoms with van der Waals surface area (Å²) in [7, 11) is 0. The van der Waals surface area contributed by atoms with Gasteiger partial charge in [0.15, 0.2) is 0 Å². The molecule has 5 nitrogen and oxygen atoms in total. The summed E-state index contributed by atoms with van der Waals surface area (Å²) < 4.78 is 4.70. The summed E-state index contributed by atoms with van der Waals surface area (Å²) in [6.45, 7) is 3.87. The zero-order chi connectivity index (χ0) is 11.0. The van der Waals surface area contributed by atoms with Gasteiger partial charge in [-0.25, -0.2) is 0 Å². The molecular weight excluding hydrogens is 206 g/mol. The first-order valence-electron chi connectivity index (χ1n) is 5.74. The van der Waals surface area contributed by atoms with E-state index in [1.807, 2.05) is 4.90 Å². The maximum atomic E-state index is 12.1. The van der Waals surface area contributed by atoms with Crippen molar-refractivity contribution in [3.8, 4) is 0 Å². The number of fused-ring (bicyclic) bond motifs is 1. The molecule has 1 aromatic rings. The Morgan fingerprint density at radius 2 is 2.38 bits per heavy atom. The van der Waals surface area contributed by atoms with Crippen LogP contribution in [0.3, 0.4) is 0 Å². The summed E-state index contributed by atoms with van der Waals surface area (Å²) in [6.07, 6.45) is 4.09. The topological polar surface area (TPSA) is 58.4 Å². The van der Waals surface area contributed by atoms with Crippen LogP contribution in [0.1, 0.15) is 16.8 Å². The van der Waals surface area contributed by atoms with Gasteiger partial charge in [0.2, 0.25) is 0 Å². The van der Waals surface area contributed by atoms with Crippen LogP contribution >= 0.6 is 0 Å². The molecule has 0 spiro atoms. The Morgan fingerprint density at radius 3 is 3.12 bits per heavy atom. The van der Waals surface area contributed by atoms with Gasteiger partial charge in [0.05, 0.1) is 11.8 Å². The molecule has 2 aliphatic heterocycles. The fourth-order valence-corrected chi connectivity index (χ4v) is 2.73. The largest absolute Gasteiger partial charge is 0.364 e. The predicted octanol–water partition coefficient (Wildman–Crippen LogP) is 0.356. The van der Waals surface area contributed by atoms with E-state index < -0.39 is 0 Å². The number of carbonyl (C=O) groups is 1. The van der Waals surface area contributed by atoms with E-state index in [-0.39, 0.29) is 5.91 Å². The van der Waals surface area contributed by atoms with Crippen molar-refractivity contribution >= 4 is 5.91 Å². The Morgan fingerprint density at radius 1 is 1.50 bits per heavy atom. The quantitative estimate of drug-likeness (QED) is 0.743. The molecule has 2 unspecified atom stereocenters. The minimum atomic E-state index is 0.0515. The van der Waals surface area contributed by atoms with Crippen LogP contribution < -0.4 is 5.32 Å². The number of nitrogens with one attached hydrogen (secondary N) is 1. The molecule has 3 heterocycles. The number of likely N-dealkylation sites (tertiary alicyclic amines) is 1. The molecule has 2 aliphatic rings. The summed E-state index contributed by atoms with van der Waals surface area (Å²) in [5.74, 6) is 1.35. The van der Waals surface area contributed by atoms with Gasteiger partial charge in [0.25, 0.3) is 5.91 Å². The molecule has 1 amide bonds. The number of carbonyl (C=O) groups excluding carboxylic acids is 1. The molecule has 3 rings (SSSR count). The van der Waals surface area contributed by atoms with E-state index in [2.05, 4.69) is 10.5 Å². The third-order valence-electron chi connectivity index (χ3n) is 3.64. The molecule has 16 heavy (non-hydrogen) atoms. The van der Waals surface area contributed by atoms with Crippen molar-refractivity contribution in [1.82, 2.24) is 15.4 Å². The van der Waals surface area contributed by atoms with Crippen LogP contribution in [0.25, 0.3) is 0 Å². The van der Waals surface area contributed by atoms with Crippen molar-refractivity contribution in [2.75, 3.05) is 26.2 Å². The minimum Gasteiger partial charge on any atom is -0.364 e. The molecule has 2 atom stereocenters. The molecular formula is C11H15N3O2. The number of rotatable bonds is 1. The third-order valence-corrected chi connectivity index (χ3v) is 3.64. The van der Waals surface area contributed by atoms with Crippen LogP contribution in [0.4, 0.5) is 0 Å². The van der Waals surface area contributed by atoms with Crippen LogP contribution in [0.2, 0.25) is 0 Å². The van der Waals surface area contributed by atoms with Gasteiger partial charge in [-0.1, -0.05) is 5.16 Å². The van der Waals surface area contributed by atoms with Gasteiger partial charge in [-0.3, -0.25) is 4.79 Å². The summed E-state index contributed by atoms with van der Waals surface area (Å²) in [5.41, 5.74) is 0.562. The van der Waals surface area contributed by atoms with E-state index in [0.717, 1.165) is 26.2 Å². The summed E-state index contributed by atoms with van der Waals surface area (Å²) in [6, 6.07) is 0. The Balaban J connectivity index is 1.71. The summed E-state index contributed by atoms with van der Waals surface area (Å²) >= 11 is 0. The van der Waals surface area contributed by atoms with Gasteiger partial charge in [-0.05, 0) is 31.3 Å². The average Bonchev–Trinajstić information content (AvgIpc) is 2.97. The monoisotopic (exact) mass is 221 g/mol. The Labute approximate surface area is 93.8 Å².